The predicted molar refractivity (Wildman–Crippen MR) is 66.7 cm³/mol. The molecule has 1 saturated carbocycles. The molecule has 1 fully saturated rings. The lowest BCUT2D eigenvalue weighted by molar-refractivity contribution is -0.119. The van der Waals surface area contributed by atoms with Gasteiger partial charge in [-0.2, -0.15) is 4.39 Å². The fourth-order valence-electron chi connectivity index (χ4n) is 2.43. The first-order chi connectivity index (χ1) is 9.08. The molecule has 102 valence electrons. The van der Waals surface area contributed by atoms with Crippen molar-refractivity contribution in [3.05, 3.63) is 29.8 Å². The molecule has 1 aliphatic carbocycles. The van der Waals surface area contributed by atoms with Gasteiger partial charge in [0.1, 0.15) is 5.69 Å². The Hall–Kier alpha value is -1.98. The summed E-state index contributed by atoms with van der Waals surface area (Å²) < 4.78 is 13.1. The molecule has 0 radical (unpaired) electrons. The van der Waals surface area contributed by atoms with Crippen LogP contribution in [0.5, 0.6) is 0 Å². The summed E-state index contributed by atoms with van der Waals surface area (Å²) in [7, 11) is 0. The molecule has 1 aromatic rings. The Morgan fingerprint density at radius 1 is 1.37 bits per heavy atom. The Labute approximate surface area is 110 Å². The molecule has 19 heavy (non-hydrogen) atoms. The molecule has 0 aliphatic heterocycles. The fraction of sp³-hybridized carbons (Fsp3) is 0.462. The van der Waals surface area contributed by atoms with Crippen LogP contribution in [0.2, 0.25) is 0 Å². The average molecular weight is 265 g/mol. The maximum absolute atomic E-state index is 13.1. The Balaban J connectivity index is 2.21. The Bertz CT molecular complexity index is 487. The quantitative estimate of drug-likeness (QED) is 0.828. The van der Waals surface area contributed by atoms with Crippen molar-refractivity contribution in [1.82, 2.24) is 9.88 Å². The summed E-state index contributed by atoms with van der Waals surface area (Å²) in [5, 5.41) is 0. The van der Waals surface area contributed by atoms with Crippen molar-refractivity contribution in [1.29, 1.82) is 0 Å². The molecule has 1 aromatic heterocycles. The molecule has 0 unspecified atom stereocenters. The lowest BCUT2D eigenvalue weighted by Gasteiger charge is -2.27. The van der Waals surface area contributed by atoms with E-state index in [2.05, 4.69) is 4.98 Å². The lowest BCUT2D eigenvalue weighted by atomic mass is 10.2. The number of halogens is 1. The summed E-state index contributed by atoms with van der Waals surface area (Å²) in [5.74, 6) is -1.72. The van der Waals surface area contributed by atoms with Crippen LogP contribution in [0.1, 0.15) is 36.2 Å². The van der Waals surface area contributed by atoms with Crippen molar-refractivity contribution in [3.8, 4) is 0 Å². The van der Waals surface area contributed by atoms with Gasteiger partial charge in [-0.05, 0) is 25.0 Å². The number of pyridine rings is 1. The van der Waals surface area contributed by atoms with Crippen molar-refractivity contribution in [2.24, 2.45) is 5.73 Å². The SMILES string of the molecule is NC(=O)CN(C(=O)c1cccc(F)n1)C1CCCC1. The summed E-state index contributed by atoms with van der Waals surface area (Å²) in [6, 6.07) is 4.02. The molecule has 0 atom stereocenters. The predicted octanol–water partition coefficient (Wildman–Crippen LogP) is 1.09. The molecular formula is C13H16FN3O2. The van der Waals surface area contributed by atoms with Gasteiger partial charge in [0, 0.05) is 6.04 Å². The van der Waals surface area contributed by atoms with Gasteiger partial charge in [-0.15, -0.1) is 0 Å². The van der Waals surface area contributed by atoms with Gasteiger partial charge in [-0.25, -0.2) is 4.98 Å². The van der Waals surface area contributed by atoms with E-state index in [0.717, 1.165) is 25.7 Å². The van der Waals surface area contributed by atoms with Gasteiger partial charge in [-0.1, -0.05) is 18.9 Å². The molecule has 0 aromatic carbocycles. The first-order valence-corrected chi connectivity index (χ1v) is 6.30. The summed E-state index contributed by atoms with van der Waals surface area (Å²) in [6.07, 6.45) is 3.72. The monoisotopic (exact) mass is 265 g/mol. The number of carbonyl (C=O) groups excluding carboxylic acids is 2. The van der Waals surface area contributed by atoms with E-state index in [1.165, 1.54) is 23.1 Å². The fourth-order valence-corrected chi connectivity index (χ4v) is 2.43. The van der Waals surface area contributed by atoms with E-state index in [9.17, 15) is 14.0 Å². The number of carbonyl (C=O) groups is 2. The van der Waals surface area contributed by atoms with E-state index in [4.69, 9.17) is 5.73 Å². The van der Waals surface area contributed by atoms with Crippen LogP contribution >= 0.6 is 0 Å². The van der Waals surface area contributed by atoms with Gasteiger partial charge in [0.2, 0.25) is 11.9 Å². The molecule has 1 heterocycles. The summed E-state index contributed by atoms with van der Waals surface area (Å²) in [4.78, 5) is 28.4. The highest BCUT2D eigenvalue weighted by atomic mass is 19.1. The zero-order valence-electron chi connectivity index (χ0n) is 10.5. The van der Waals surface area contributed by atoms with E-state index in [1.54, 1.807) is 0 Å². The highest BCUT2D eigenvalue weighted by Crippen LogP contribution is 2.24. The number of aromatic nitrogens is 1. The average Bonchev–Trinajstić information content (AvgIpc) is 2.88. The molecule has 6 heteroatoms. The third-order valence-corrected chi connectivity index (χ3v) is 3.29. The highest BCUT2D eigenvalue weighted by Gasteiger charge is 2.29. The van der Waals surface area contributed by atoms with Crippen LogP contribution in [0.25, 0.3) is 0 Å². The van der Waals surface area contributed by atoms with Gasteiger partial charge in [0.05, 0.1) is 6.54 Å². The van der Waals surface area contributed by atoms with Crippen LogP contribution < -0.4 is 5.73 Å². The molecule has 2 N–H and O–H groups in total. The number of nitrogens with zero attached hydrogens (tertiary/aromatic N) is 2. The molecule has 2 amide bonds. The smallest absolute Gasteiger partial charge is 0.273 e. The van der Waals surface area contributed by atoms with Crippen LogP contribution in [-0.4, -0.2) is 34.3 Å². The van der Waals surface area contributed by atoms with Crippen LogP contribution in [0.15, 0.2) is 18.2 Å². The number of amides is 2. The minimum Gasteiger partial charge on any atom is -0.368 e. The van der Waals surface area contributed by atoms with Crippen molar-refractivity contribution in [2.45, 2.75) is 31.7 Å². The second-order valence-corrected chi connectivity index (χ2v) is 4.68. The number of hydrogen-bond donors (Lipinski definition) is 1. The maximum Gasteiger partial charge on any atom is 0.273 e. The Morgan fingerprint density at radius 2 is 2.05 bits per heavy atom. The molecule has 0 spiro atoms. The molecule has 0 bridgehead atoms. The van der Waals surface area contributed by atoms with Crippen molar-refractivity contribution in [3.63, 3.8) is 0 Å². The van der Waals surface area contributed by atoms with E-state index >= 15 is 0 Å². The number of primary amides is 1. The van der Waals surface area contributed by atoms with Gasteiger partial charge < -0.3 is 10.6 Å². The van der Waals surface area contributed by atoms with Crippen molar-refractivity contribution >= 4 is 11.8 Å². The molecule has 2 rings (SSSR count). The summed E-state index contributed by atoms with van der Waals surface area (Å²) in [5.41, 5.74) is 5.19. The van der Waals surface area contributed by atoms with Gasteiger partial charge >= 0.3 is 0 Å². The lowest BCUT2D eigenvalue weighted by Crippen LogP contribution is -2.44. The standard InChI is InChI=1S/C13H16FN3O2/c14-11-7-3-6-10(16-11)13(19)17(8-12(15)18)9-4-1-2-5-9/h3,6-7,9H,1-2,4-5,8H2,(H2,15,18). The molecule has 0 saturated heterocycles. The topological polar surface area (TPSA) is 76.3 Å². The molecular weight excluding hydrogens is 249 g/mol. The highest BCUT2D eigenvalue weighted by molar-refractivity contribution is 5.94. The number of nitrogens with two attached hydrogens (primary N) is 1. The normalized spacial score (nSPS) is 15.4. The van der Waals surface area contributed by atoms with Crippen LogP contribution in [0.4, 0.5) is 4.39 Å². The Morgan fingerprint density at radius 3 is 2.63 bits per heavy atom. The molecule has 5 nitrogen and oxygen atoms in total. The van der Waals surface area contributed by atoms with E-state index < -0.39 is 17.8 Å². The minimum absolute atomic E-state index is 0.00755. The zero-order chi connectivity index (χ0) is 13.8. The van der Waals surface area contributed by atoms with Gasteiger partial charge in [0.25, 0.3) is 5.91 Å². The van der Waals surface area contributed by atoms with Gasteiger partial charge in [0.15, 0.2) is 0 Å². The first-order valence-electron chi connectivity index (χ1n) is 6.30. The van der Waals surface area contributed by atoms with Gasteiger partial charge in [-0.3, -0.25) is 9.59 Å². The number of hydrogen-bond acceptors (Lipinski definition) is 3. The van der Waals surface area contributed by atoms with Crippen molar-refractivity contribution < 1.29 is 14.0 Å². The summed E-state index contributed by atoms with van der Waals surface area (Å²) >= 11 is 0. The summed E-state index contributed by atoms with van der Waals surface area (Å²) in [6.45, 7) is -0.151. The van der Waals surface area contributed by atoms with E-state index in [0.29, 0.717) is 0 Å². The van der Waals surface area contributed by atoms with E-state index in [1.807, 2.05) is 0 Å². The minimum atomic E-state index is -0.712. The third-order valence-electron chi connectivity index (χ3n) is 3.29. The maximum atomic E-state index is 13.1. The first kappa shape index (κ1) is 13.5. The Kier molecular flexibility index (Phi) is 4.09. The van der Waals surface area contributed by atoms with Crippen molar-refractivity contribution in [2.75, 3.05) is 6.54 Å². The van der Waals surface area contributed by atoms with Crippen LogP contribution in [0.3, 0.4) is 0 Å². The largest absolute Gasteiger partial charge is 0.368 e. The zero-order valence-corrected chi connectivity index (χ0v) is 10.5. The number of rotatable bonds is 4. The van der Waals surface area contributed by atoms with Crippen LogP contribution in [-0.2, 0) is 4.79 Å². The third kappa shape index (κ3) is 3.27. The van der Waals surface area contributed by atoms with E-state index in [-0.39, 0.29) is 18.3 Å². The second-order valence-electron chi connectivity index (χ2n) is 4.68. The van der Waals surface area contributed by atoms with Crippen LogP contribution in [0, 0.1) is 5.95 Å². The second kappa shape index (κ2) is 5.77. The molecule has 1 aliphatic rings.